The van der Waals surface area contributed by atoms with Gasteiger partial charge in [-0.1, -0.05) is 33.8 Å². The Morgan fingerprint density at radius 1 is 1.12 bits per heavy atom. The van der Waals surface area contributed by atoms with Crippen LogP contribution in [-0.4, -0.2) is 66.7 Å². The number of nitrogens with zero attached hydrogens (tertiary/aromatic N) is 2. The molecule has 1 heterocycles. The molecule has 6 nitrogen and oxygen atoms in total. The standard InChI is InChI=1S/C20H34N4O2/c1-14(2)16-5-6-17(21)19(15(3)4)20(16)22-18(26)13-24-9-7-23(8-10-24)11-12-25/h5-6,14-15,25H,7-13,21H2,1-4H3,(H,22,26). The van der Waals surface area contributed by atoms with E-state index >= 15 is 0 Å². The summed E-state index contributed by atoms with van der Waals surface area (Å²) < 4.78 is 0. The Balaban J connectivity index is 2.08. The number of anilines is 2. The molecule has 0 bridgehead atoms. The van der Waals surface area contributed by atoms with Crippen LogP contribution >= 0.6 is 0 Å². The van der Waals surface area contributed by atoms with Gasteiger partial charge in [0.15, 0.2) is 0 Å². The van der Waals surface area contributed by atoms with Gasteiger partial charge in [-0.25, -0.2) is 0 Å². The molecule has 1 fully saturated rings. The van der Waals surface area contributed by atoms with E-state index in [2.05, 4.69) is 42.8 Å². The molecule has 1 saturated heterocycles. The summed E-state index contributed by atoms with van der Waals surface area (Å²) >= 11 is 0. The zero-order valence-corrected chi connectivity index (χ0v) is 16.6. The monoisotopic (exact) mass is 362 g/mol. The van der Waals surface area contributed by atoms with Crippen LogP contribution in [0.15, 0.2) is 12.1 Å². The number of rotatable bonds is 7. The van der Waals surface area contributed by atoms with Crippen molar-refractivity contribution in [1.82, 2.24) is 9.80 Å². The fourth-order valence-electron chi connectivity index (χ4n) is 3.59. The number of amides is 1. The number of aliphatic hydroxyl groups is 1. The van der Waals surface area contributed by atoms with E-state index < -0.39 is 0 Å². The van der Waals surface area contributed by atoms with E-state index in [4.69, 9.17) is 10.8 Å². The number of hydrogen-bond acceptors (Lipinski definition) is 5. The SMILES string of the molecule is CC(C)c1ccc(N)c(C(C)C)c1NC(=O)CN1CCN(CCO)CC1. The zero-order chi connectivity index (χ0) is 19.3. The summed E-state index contributed by atoms with van der Waals surface area (Å²) in [5.41, 5.74) is 9.98. The molecule has 0 radical (unpaired) electrons. The summed E-state index contributed by atoms with van der Waals surface area (Å²) in [7, 11) is 0. The first-order chi connectivity index (χ1) is 12.3. The predicted octanol–water partition coefficient (Wildman–Crippen LogP) is 2.06. The third-order valence-corrected chi connectivity index (χ3v) is 5.02. The number of piperazine rings is 1. The van der Waals surface area contributed by atoms with Crippen LogP contribution in [0.25, 0.3) is 0 Å². The van der Waals surface area contributed by atoms with Gasteiger partial charge in [-0.3, -0.25) is 14.6 Å². The molecule has 1 aromatic rings. The lowest BCUT2D eigenvalue weighted by atomic mass is 9.91. The van der Waals surface area contributed by atoms with Crippen LogP contribution in [0, 0.1) is 0 Å². The van der Waals surface area contributed by atoms with Crippen LogP contribution in [-0.2, 0) is 4.79 Å². The minimum Gasteiger partial charge on any atom is -0.398 e. The van der Waals surface area contributed by atoms with Crippen molar-refractivity contribution in [3.8, 4) is 0 Å². The van der Waals surface area contributed by atoms with Crippen molar-refractivity contribution in [2.75, 3.05) is 56.9 Å². The first-order valence-electron chi connectivity index (χ1n) is 9.61. The lowest BCUT2D eigenvalue weighted by Crippen LogP contribution is -2.49. The van der Waals surface area contributed by atoms with Gasteiger partial charge in [0.2, 0.25) is 5.91 Å². The van der Waals surface area contributed by atoms with Gasteiger partial charge in [0, 0.05) is 49.7 Å². The Morgan fingerprint density at radius 2 is 1.73 bits per heavy atom. The molecule has 0 unspecified atom stereocenters. The number of benzene rings is 1. The van der Waals surface area contributed by atoms with Crippen LogP contribution in [0.5, 0.6) is 0 Å². The molecule has 0 spiro atoms. The fourth-order valence-corrected chi connectivity index (χ4v) is 3.59. The Labute approximate surface area is 157 Å². The van der Waals surface area contributed by atoms with Crippen molar-refractivity contribution in [1.29, 1.82) is 0 Å². The van der Waals surface area contributed by atoms with Gasteiger partial charge >= 0.3 is 0 Å². The van der Waals surface area contributed by atoms with E-state index in [1.807, 2.05) is 12.1 Å². The Morgan fingerprint density at radius 3 is 2.27 bits per heavy atom. The number of carbonyl (C=O) groups is 1. The second kappa shape index (κ2) is 9.35. The van der Waals surface area contributed by atoms with Crippen LogP contribution < -0.4 is 11.1 Å². The van der Waals surface area contributed by atoms with Crippen molar-refractivity contribution < 1.29 is 9.90 Å². The predicted molar refractivity (Wildman–Crippen MR) is 108 cm³/mol. The third-order valence-electron chi connectivity index (χ3n) is 5.02. The molecule has 1 aliphatic heterocycles. The normalized spacial score (nSPS) is 16.4. The van der Waals surface area contributed by atoms with Crippen LogP contribution in [0.1, 0.15) is 50.7 Å². The largest absolute Gasteiger partial charge is 0.398 e. The van der Waals surface area contributed by atoms with Crippen LogP contribution in [0.4, 0.5) is 11.4 Å². The number of nitrogens with one attached hydrogen (secondary N) is 1. The minimum atomic E-state index is 0.00927. The highest BCUT2D eigenvalue weighted by atomic mass is 16.3. The lowest BCUT2D eigenvalue weighted by Gasteiger charge is -2.34. The van der Waals surface area contributed by atoms with E-state index in [-0.39, 0.29) is 18.4 Å². The number of nitrogens with two attached hydrogens (primary N) is 1. The van der Waals surface area contributed by atoms with Gasteiger partial charge in [-0.2, -0.15) is 0 Å². The molecule has 1 aliphatic rings. The molecule has 1 amide bonds. The smallest absolute Gasteiger partial charge is 0.238 e. The average molecular weight is 363 g/mol. The van der Waals surface area contributed by atoms with Crippen LogP contribution in [0.3, 0.4) is 0 Å². The number of β-amino-alcohol motifs (C(OH)–C–C–N with tert-alkyl or cyclic N) is 1. The van der Waals surface area contributed by atoms with Gasteiger partial charge in [-0.05, 0) is 23.5 Å². The van der Waals surface area contributed by atoms with Crippen molar-refractivity contribution in [3.63, 3.8) is 0 Å². The summed E-state index contributed by atoms with van der Waals surface area (Å²) in [5.74, 6) is 0.562. The molecule has 6 heteroatoms. The minimum absolute atomic E-state index is 0.00927. The summed E-state index contributed by atoms with van der Waals surface area (Å²) in [6.07, 6.45) is 0. The van der Waals surface area contributed by atoms with Gasteiger partial charge in [0.25, 0.3) is 0 Å². The fraction of sp³-hybridized carbons (Fsp3) is 0.650. The molecular formula is C20H34N4O2. The molecule has 0 aliphatic carbocycles. The second-order valence-electron chi connectivity index (χ2n) is 7.73. The highest BCUT2D eigenvalue weighted by Crippen LogP contribution is 2.36. The van der Waals surface area contributed by atoms with E-state index in [0.29, 0.717) is 19.0 Å². The van der Waals surface area contributed by atoms with Gasteiger partial charge in [0.05, 0.1) is 13.2 Å². The molecule has 4 N–H and O–H groups in total. The molecule has 0 saturated carbocycles. The highest BCUT2D eigenvalue weighted by molar-refractivity contribution is 5.95. The van der Waals surface area contributed by atoms with Gasteiger partial charge in [-0.15, -0.1) is 0 Å². The van der Waals surface area contributed by atoms with Crippen LogP contribution in [0.2, 0.25) is 0 Å². The molecule has 146 valence electrons. The molecule has 0 atom stereocenters. The first-order valence-corrected chi connectivity index (χ1v) is 9.61. The van der Waals surface area contributed by atoms with Crippen molar-refractivity contribution in [3.05, 3.63) is 23.3 Å². The first kappa shape index (κ1) is 20.7. The van der Waals surface area contributed by atoms with Crippen molar-refractivity contribution in [2.45, 2.75) is 39.5 Å². The molecule has 26 heavy (non-hydrogen) atoms. The van der Waals surface area contributed by atoms with E-state index in [1.54, 1.807) is 0 Å². The summed E-state index contributed by atoms with van der Waals surface area (Å²) in [6.45, 7) is 13.2. The van der Waals surface area contributed by atoms with Crippen molar-refractivity contribution >= 4 is 17.3 Å². The van der Waals surface area contributed by atoms with E-state index in [1.165, 1.54) is 0 Å². The van der Waals surface area contributed by atoms with Gasteiger partial charge < -0.3 is 16.2 Å². The Bertz CT molecular complexity index is 608. The lowest BCUT2D eigenvalue weighted by molar-refractivity contribution is -0.117. The Kier molecular flexibility index (Phi) is 7.43. The quantitative estimate of drug-likeness (QED) is 0.647. The average Bonchev–Trinajstić information content (AvgIpc) is 2.56. The van der Waals surface area contributed by atoms with E-state index in [0.717, 1.165) is 48.7 Å². The summed E-state index contributed by atoms with van der Waals surface area (Å²) in [4.78, 5) is 17.1. The van der Waals surface area contributed by atoms with E-state index in [9.17, 15) is 4.79 Å². The molecule has 2 rings (SSSR count). The number of nitrogen functional groups attached to an aromatic ring is 1. The molecular weight excluding hydrogens is 328 g/mol. The molecule has 0 aromatic heterocycles. The van der Waals surface area contributed by atoms with Crippen molar-refractivity contribution in [2.24, 2.45) is 0 Å². The zero-order valence-electron chi connectivity index (χ0n) is 16.6. The summed E-state index contributed by atoms with van der Waals surface area (Å²) in [5, 5.41) is 12.2. The third kappa shape index (κ3) is 5.19. The topological polar surface area (TPSA) is 81.8 Å². The number of hydrogen-bond donors (Lipinski definition) is 3. The second-order valence-corrected chi connectivity index (χ2v) is 7.73. The Hall–Kier alpha value is -1.63. The highest BCUT2D eigenvalue weighted by Gasteiger charge is 2.22. The maximum atomic E-state index is 12.7. The summed E-state index contributed by atoms with van der Waals surface area (Å²) in [6, 6.07) is 3.97. The molecule has 1 aromatic carbocycles. The number of aliphatic hydroxyl groups excluding tert-OH is 1. The number of carbonyl (C=O) groups excluding carboxylic acids is 1. The maximum absolute atomic E-state index is 12.7. The maximum Gasteiger partial charge on any atom is 0.238 e. The van der Waals surface area contributed by atoms with Gasteiger partial charge in [0.1, 0.15) is 0 Å².